The van der Waals surface area contributed by atoms with Crippen molar-refractivity contribution in [2.24, 2.45) is 0 Å². The molecule has 0 radical (unpaired) electrons. The van der Waals surface area contributed by atoms with E-state index in [1.54, 1.807) is 0 Å². The molecule has 1 aromatic heterocycles. The number of nitriles is 1. The highest BCUT2D eigenvalue weighted by Gasteiger charge is 2.16. The van der Waals surface area contributed by atoms with E-state index >= 15 is 0 Å². The molecule has 3 rings (SSSR count). The molecule has 0 aliphatic carbocycles. The molecule has 1 heterocycles. The summed E-state index contributed by atoms with van der Waals surface area (Å²) in [7, 11) is 0. The van der Waals surface area contributed by atoms with Crippen molar-refractivity contribution in [3.8, 4) is 11.8 Å². The van der Waals surface area contributed by atoms with Crippen LogP contribution in [0.2, 0.25) is 0 Å². The Morgan fingerprint density at radius 3 is 2.84 bits per heavy atom. The number of aryl methyl sites for hydroxylation is 1. The number of anilines is 1. The number of benzene rings is 2. The van der Waals surface area contributed by atoms with Gasteiger partial charge in [0, 0.05) is 29.1 Å². The predicted octanol–water partition coefficient (Wildman–Crippen LogP) is 5.60. The van der Waals surface area contributed by atoms with Gasteiger partial charge in [0.05, 0.1) is 18.7 Å². The van der Waals surface area contributed by atoms with Crippen molar-refractivity contribution < 1.29 is 9.15 Å². The molecular formula is C21H22N2O2. The SMILES string of the molecule is Cc1c(C(C)Nc2cccc(OCCCC#N)c2)oc2ccccc12. The van der Waals surface area contributed by atoms with E-state index in [9.17, 15) is 0 Å². The molecule has 0 bridgehead atoms. The highest BCUT2D eigenvalue weighted by molar-refractivity contribution is 5.82. The summed E-state index contributed by atoms with van der Waals surface area (Å²) < 4.78 is 11.7. The molecule has 1 unspecified atom stereocenters. The molecule has 25 heavy (non-hydrogen) atoms. The maximum Gasteiger partial charge on any atom is 0.134 e. The Morgan fingerprint density at radius 1 is 1.20 bits per heavy atom. The molecule has 128 valence electrons. The predicted molar refractivity (Wildman–Crippen MR) is 99.8 cm³/mol. The largest absolute Gasteiger partial charge is 0.493 e. The number of hydrogen-bond donors (Lipinski definition) is 1. The molecule has 1 N–H and O–H groups in total. The molecule has 2 aromatic carbocycles. The van der Waals surface area contributed by atoms with Crippen LogP contribution in [-0.2, 0) is 0 Å². The summed E-state index contributed by atoms with van der Waals surface area (Å²) in [5.41, 5.74) is 3.06. The van der Waals surface area contributed by atoms with Crippen molar-refractivity contribution in [1.29, 1.82) is 5.26 Å². The topological polar surface area (TPSA) is 58.2 Å². The highest BCUT2D eigenvalue weighted by atomic mass is 16.5. The third kappa shape index (κ3) is 3.95. The Hall–Kier alpha value is -2.93. The molecule has 4 nitrogen and oxygen atoms in total. The van der Waals surface area contributed by atoms with Crippen molar-refractivity contribution in [2.45, 2.75) is 32.7 Å². The summed E-state index contributed by atoms with van der Waals surface area (Å²) in [4.78, 5) is 0. The van der Waals surface area contributed by atoms with Gasteiger partial charge in [-0.1, -0.05) is 24.3 Å². The van der Waals surface area contributed by atoms with E-state index in [1.165, 1.54) is 5.56 Å². The van der Waals surface area contributed by atoms with E-state index in [-0.39, 0.29) is 6.04 Å². The third-order valence-electron chi connectivity index (χ3n) is 4.19. The maximum atomic E-state index is 8.57. The number of unbranched alkanes of at least 4 members (excludes halogenated alkanes) is 1. The van der Waals surface area contributed by atoms with Crippen LogP contribution in [-0.4, -0.2) is 6.61 Å². The molecule has 0 aliphatic rings. The number of furan rings is 1. The van der Waals surface area contributed by atoms with Crippen molar-refractivity contribution in [3.05, 3.63) is 59.9 Å². The zero-order chi connectivity index (χ0) is 17.6. The summed E-state index contributed by atoms with van der Waals surface area (Å²) >= 11 is 0. The van der Waals surface area contributed by atoms with Crippen LogP contribution in [0.3, 0.4) is 0 Å². The van der Waals surface area contributed by atoms with Crippen molar-refractivity contribution in [1.82, 2.24) is 0 Å². The van der Waals surface area contributed by atoms with Crippen molar-refractivity contribution >= 4 is 16.7 Å². The van der Waals surface area contributed by atoms with Crippen LogP contribution in [0.5, 0.6) is 5.75 Å². The highest BCUT2D eigenvalue weighted by Crippen LogP contribution is 2.31. The maximum absolute atomic E-state index is 8.57. The zero-order valence-electron chi connectivity index (χ0n) is 14.6. The van der Waals surface area contributed by atoms with E-state index in [0.29, 0.717) is 13.0 Å². The van der Waals surface area contributed by atoms with Gasteiger partial charge in [0.15, 0.2) is 0 Å². The Bertz CT molecular complexity index is 892. The Kier molecular flexibility index (Phi) is 5.25. The first kappa shape index (κ1) is 16.9. The first-order chi connectivity index (χ1) is 12.2. The van der Waals surface area contributed by atoms with E-state index in [2.05, 4.69) is 31.3 Å². The van der Waals surface area contributed by atoms with Crippen LogP contribution in [0.25, 0.3) is 11.0 Å². The van der Waals surface area contributed by atoms with E-state index in [4.69, 9.17) is 14.4 Å². The average Bonchev–Trinajstić information content (AvgIpc) is 2.96. The van der Waals surface area contributed by atoms with Gasteiger partial charge in [-0.15, -0.1) is 0 Å². The van der Waals surface area contributed by atoms with Gasteiger partial charge in [-0.05, 0) is 38.5 Å². The number of hydrogen-bond acceptors (Lipinski definition) is 4. The summed E-state index contributed by atoms with van der Waals surface area (Å²) in [6.07, 6.45) is 1.25. The van der Waals surface area contributed by atoms with E-state index in [1.807, 2.05) is 42.5 Å². The second kappa shape index (κ2) is 7.76. The lowest BCUT2D eigenvalue weighted by atomic mass is 10.1. The summed E-state index contributed by atoms with van der Waals surface area (Å²) in [5.74, 6) is 1.75. The Labute approximate surface area is 148 Å². The monoisotopic (exact) mass is 334 g/mol. The quantitative estimate of drug-likeness (QED) is 0.572. The second-order valence-electron chi connectivity index (χ2n) is 6.09. The van der Waals surface area contributed by atoms with Gasteiger partial charge in [0.2, 0.25) is 0 Å². The normalized spacial score (nSPS) is 11.9. The van der Waals surface area contributed by atoms with E-state index in [0.717, 1.165) is 34.6 Å². The molecule has 4 heteroatoms. The van der Waals surface area contributed by atoms with Crippen LogP contribution in [0.4, 0.5) is 5.69 Å². The fourth-order valence-electron chi connectivity index (χ4n) is 2.94. The van der Waals surface area contributed by atoms with Crippen LogP contribution in [0.15, 0.2) is 52.9 Å². The van der Waals surface area contributed by atoms with Gasteiger partial charge in [0.1, 0.15) is 17.1 Å². The molecule has 1 atom stereocenters. The fourth-order valence-corrected chi connectivity index (χ4v) is 2.94. The molecule has 0 saturated heterocycles. The Morgan fingerprint density at radius 2 is 2.04 bits per heavy atom. The number of nitrogens with zero attached hydrogens (tertiary/aromatic N) is 1. The summed E-state index contributed by atoms with van der Waals surface area (Å²) in [6, 6.07) is 18.1. The van der Waals surface area contributed by atoms with Gasteiger partial charge >= 0.3 is 0 Å². The van der Waals surface area contributed by atoms with Crippen molar-refractivity contribution in [2.75, 3.05) is 11.9 Å². The lowest BCUT2D eigenvalue weighted by molar-refractivity contribution is 0.313. The first-order valence-electron chi connectivity index (χ1n) is 8.53. The molecule has 0 saturated carbocycles. The minimum absolute atomic E-state index is 0.0428. The summed E-state index contributed by atoms with van der Waals surface area (Å²) in [6.45, 7) is 4.73. The third-order valence-corrected chi connectivity index (χ3v) is 4.19. The van der Waals surface area contributed by atoms with Crippen LogP contribution in [0, 0.1) is 18.3 Å². The number of rotatable bonds is 7. The van der Waals surface area contributed by atoms with Crippen LogP contribution >= 0.6 is 0 Å². The van der Waals surface area contributed by atoms with Gasteiger partial charge in [-0.2, -0.15) is 5.26 Å². The van der Waals surface area contributed by atoms with Crippen LogP contribution in [0.1, 0.15) is 37.1 Å². The number of para-hydroxylation sites is 1. The number of fused-ring (bicyclic) bond motifs is 1. The average molecular weight is 334 g/mol. The summed E-state index contributed by atoms with van der Waals surface area (Å²) in [5, 5.41) is 13.2. The minimum Gasteiger partial charge on any atom is -0.493 e. The first-order valence-corrected chi connectivity index (χ1v) is 8.53. The van der Waals surface area contributed by atoms with Gasteiger partial charge in [-0.3, -0.25) is 0 Å². The smallest absolute Gasteiger partial charge is 0.134 e. The van der Waals surface area contributed by atoms with Crippen LogP contribution < -0.4 is 10.1 Å². The van der Waals surface area contributed by atoms with Gasteiger partial charge in [0.25, 0.3) is 0 Å². The standard InChI is InChI=1S/C21H22N2O2/c1-15-19-10-3-4-11-20(19)25-21(15)16(2)23-17-8-7-9-18(14-17)24-13-6-5-12-22/h3-4,7-11,14,16,23H,5-6,13H2,1-2H3. The minimum atomic E-state index is 0.0428. The zero-order valence-corrected chi connectivity index (χ0v) is 14.6. The van der Waals surface area contributed by atoms with Gasteiger partial charge < -0.3 is 14.5 Å². The molecular weight excluding hydrogens is 312 g/mol. The number of ether oxygens (including phenoxy) is 1. The molecule has 0 amide bonds. The lowest BCUT2D eigenvalue weighted by Crippen LogP contribution is -2.07. The lowest BCUT2D eigenvalue weighted by Gasteiger charge is -2.15. The molecule has 3 aromatic rings. The molecule has 0 aliphatic heterocycles. The fraction of sp³-hybridized carbons (Fsp3) is 0.286. The Balaban J connectivity index is 1.71. The van der Waals surface area contributed by atoms with E-state index < -0.39 is 0 Å². The molecule has 0 spiro atoms. The molecule has 0 fully saturated rings. The number of nitrogens with one attached hydrogen (secondary N) is 1. The van der Waals surface area contributed by atoms with Gasteiger partial charge in [-0.25, -0.2) is 0 Å². The van der Waals surface area contributed by atoms with Crippen molar-refractivity contribution in [3.63, 3.8) is 0 Å². The second-order valence-corrected chi connectivity index (χ2v) is 6.09.